The van der Waals surface area contributed by atoms with Crippen molar-refractivity contribution in [3.63, 3.8) is 0 Å². The zero-order chi connectivity index (χ0) is 21.3. The molecule has 0 unspecified atom stereocenters. The number of rotatable bonds is 8. The molecule has 7 heteroatoms. The maximum absolute atomic E-state index is 13.1. The molecule has 0 atom stereocenters. The molecule has 0 aliphatic carbocycles. The molecule has 3 amide bonds. The van der Waals surface area contributed by atoms with Crippen molar-refractivity contribution < 1.29 is 18.8 Å². The van der Waals surface area contributed by atoms with E-state index < -0.39 is 5.82 Å². The van der Waals surface area contributed by atoms with Gasteiger partial charge in [0.2, 0.25) is 17.7 Å². The molecule has 0 radical (unpaired) electrons. The molecular formula is C23H26FN3O3. The van der Waals surface area contributed by atoms with Crippen LogP contribution < -0.4 is 10.6 Å². The van der Waals surface area contributed by atoms with Crippen LogP contribution in [0.3, 0.4) is 0 Å². The molecule has 0 fully saturated rings. The molecule has 158 valence electrons. The SMILES string of the molecule is O=C(CNC(=O)Cc1cccc(F)c1)NCCCC(=O)N1CCc2ccccc2C1. The van der Waals surface area contributed by atoms with Crippen molar-refractivity contribution in [2.75, 3.05) is 19.6 Å². The van der Waals surface area contributed by atoms with Gasteiger partial charge in [0.15, 0.2) is 0 Å². The fourth-order valence-electron chi connectivity index (χ4n) is 3.47. The van der Waals surface area contributed by atoms with Gasteiger partial charge in [0.25, 0.3) is 0 Å². The van der Waals surface area contributed by atoms with Crippen LogP contribution in [0, 0.1) is 5.82 Å². The number of hydrogen-bond acceptors (Lipinski definition) is 3. The van der Waals surface area contributed by atoms with Gasteiger partial charge in [-0.2, -0.15) is 0 Å². The van der Waals surface area contributed by atoms with E-state index in [9.17, 15) is 18.8 Å². The number of amides is 3. The Hall–Kier alpha value is -3.22. The normalized spacial score (nSPS) is 12.8. The van der Waals surface area contributed by atoms with Crippen LogP contribution in [0.15, 0.2) is 48.5 Å². The smallest absolute Gasteiger partial charge is 0.239 e. The first-order valence-corrected chi connectivity index (χ1v) is 10.1. The topological polar surface area (TPSA) is 78.5 Å². The summed E-state index contributed by atoms with van der Waals surface area (Å²) in [5, 5.41) is 5.21. The average molecular weight is 411 g/mol. The van der Waals surface area contributed by atoms with Crippen LogP contribution in [0.2, 0.25) is 0 Å². The second-order valence-electron chi connectivity index (χ2n) is 7.37. The van der Waals surface area contributed by atoms with Gasteiger partial charge in [0.05, 0.1) is 13.0 Å². The first-order valence-electron chi connectivity index (χ1n) is 10.1. The molecule has 0 bridgehead atoms. The van der Waals surface area contributed by atoms with Gasteiger partial charge in [0.1, 0.15) is 5.82 Å². The van der Waals surface area contributed by atoms with Crippen LogP contribution in [0.5, 0.6) is 0 Å². The number of benzene rings is 2. The second kappa shape index (κ2) is 10.5. The predicted octanol–water partition coefficient (Wildman–Crippen LogP) is 1.97. The second-order valence-corrected chi connectivity index (χ2v) is 7.37. The fourth-order valence-corrected chi connectivity index (χ4v) is 3.47. The van der Waals surface area contributed by atoms with Crippen LogP contribution >= 0.6 is 0 Å². The zero-order valence-electron chi connectivity index (χ0n) is 16.8. The summed E-state index contributed by atoms with van der Waals surface area (Å²) < 4.78 is 13.1. The monoisotopic (exact) mass is 411 g/mol. The van der Waals surface area contributed by atoms with E-state index in [1.807, 2.05) is 17.0 Å². The molecule has 1 heterocycles. The summed E-state index contributed by atoms with van der Waals surface area (Å²) in [7, 11) is 0. The van der Waals surface area contributed by atoms with Gasteiger partial charge in [-0.05, 0) is 41.7 Å². The summed E-state index contributed by atoms with van der Waals surface area (Å²) in [5.41, 5.74) is 3.04. The number of nitrogens with one attached hydrogen (secondary N) is 2. The van der Waals surface area contributed by atoms with Gasteiger partial charge in [-0.15, -0.1) is 0 Å². The largest absolute Gasteiger partial charge is 0.355 e. The summed E-state index contributed by atoms with van der Waals surface area (Å²) in [6.45, 7) is 1.58. The first kappa shape index (κ1) is 21.5. The minimum absolute atomic E-state index is 0.0124. The first-order chi connectivity index (χ1) is 14.5. The maximum atomic E-state index is 13.1. The number of hydrogen-bond donors (Lipinski definition) is 2. The summed E-state index contributed by atoms with van der Waals surface area (Å²) >= 11 is 0. The van der Waals surface area contributed by atoms with Gasteiger partial charge >= 0.3 is 0 Å². The van der Waals surface area contributed by atoms with Crippen LogP contribution in [0.4, 0.5) is 4.39 Å². The number of carbonyl (C=O) groups excluding carboxylic acids is 3. The van der Waals surface area contributed by atoms with E-state index in [0.717, 1.165) is 13.0 Å². The summed E-state index contributed by atoms with van der Waals surface area (Å²) in [5.74, 6) is -0.984. The molecule has 6 nitrogen and oxygen atoms in total. The standard InChI is InChI=1S/C23H26FN3O3/c24-20-8-3-5-17(13-20)14-21(28)26-15-22(29)25-11-4-9-23(30)27-12-10-18-6-1-2-7-19(18)16-27/h1-3,5-8,13H,4,9-12,14-16H2,(H,25,29)(H,26,28). The maximum Gasteiger partial charge on any atom is 0.239 e. The van der Waals surface area contributed by atoms with Crippen molar-refractivity contribution in [1.82, 2.24) is 15.5 Å². The van der Waals surface area contributed by atoms with E-state index in [0.29, 0.717) is 31.5 Å². The molecule has 0 saturated heterocycles. The van der Waals surface area contributed by atoms with Crippen LogP contribution in [-0.4, -0.2) is 42.3 Å². The number of halogens is 1. The van der Waals surface area contributed by atoms with Crippen molar-refractivity contribution >= 4 is 17.7 Å². The van der Waals surface area contributed by atoms with E-state index in [4.69, 9.17) is 0 Å². The van der Waals surface area contributed by atoms with Gasteiger partial charge in [-0.1, -0.05) is 36.4 Å². The molecular weight excluding hydrogens is 385 g/mol. The molecule has 1 aliphatic rings. The Morgan fingerprint density at radius 1 is 0.967 bits per heavy atom. The van der Waals surface area contributed by atoms with Crippen LogP contribution in [0.25, 0.3) is 0 Å². The summed E-state index contributed by atoms with van der Waals surface area (Å²) in [4.78, 5) is 38.0. The lowest BCUT2D eigenvalue weighted by Crippen LogP contribution is -2.38. The Morgan fingerprint density at radius 3 is 2.57 bits per heavy atom. The van der Waals surface area contributed by atoms with E-state index >= 15 is 0 Å². The van der Waals surface area contributed by atoms with E-state index in [1.165, 1.54) is 29.3 Å². The van der Waals surface area contributed by atoms with Crippen LogP contribution in [-0.2, 0) is 33.8 Å². The molecule has 1 aliphatic heterocycles. The highest BCUT2D eigenvalue weighted by Crippen LogP contribution is 2.19. The molecule has 0 spiro atoms. The highest BCUT2D eigenvalue weighted by atomic mass is 19.1. The highest BCUT2D eigenvalue weighted by molar-refractivity contribution is 5.85. The predicted molar refractivity (Wildman–Crippen MR) is 111 cm³/mol. The lowest BCUT2D eigenvalue weighted by molar-refractivity contribution is -0.132. The Morgan fingerprint density at radius 2 is 1.77 bits per heavy atom. The minimum atomic E-state index is -0.402. The van der Waals surface area contributed by atoms with E-state index in [-0.39, 0.29) is 30.7 Å². The third-order valence-electron chi connectivity index (χ3n) is 5.07. The van der Waals surface area contributed by atoms with Crippen molar-refractivity contribution in [2.45, 2.75) is 32.2 Å². The third kappa shape index (κ3) is 6.40. The molecule has 2 aromatic rings. The molecule has 0 aromatic heterocycles. The lowest BCUT2D eigenvalue weighted by Gasteiger charge is -2.29. The highest BCUT2D eigenvalue weighted by Gasteiger charge is 2.19. The number of nitrogens with zero attached hydrogens (tertiary/aromatic N) is 1. The van der Waals surface area contributed by atoms with Gasteiger partial charge in [0, 0.05) is 26.1 Å². The Labute approximate surface area is 175 Å². The van der Waals surface area contributed by atoms with Crippen molar-refractivity contribution in [3.05, 3.63) is 71.0 Å². The van der Waals surface area contributed by atoms with E-state index in [1.54, 1.807) is 6.07 Å². The molecule has 2 N–H and O–H groups in total. The van der Waals surface area contributed by atoms with Gasteiger partial charge < -0.3 is 15.5 Å². The van der Waals surface area contributed by atoms with Gasteiger partial charge in [-0.25, -0.2) is 4.39 Å². The quantitative estimate of drug-likeness (QED) is 0.652. The number of fused-ring (bicyclic) bond motifs is 1. The Balaban J connectivity index is 1.29. The molecule has 3 rings (SSSR count). The number of carbonyl (C=O) groups is 3. The van der Waals surface area contributed by atoms with Crippen molar-refractivity contribution in [3.8, 4) is 0 Å². The molecule has 2 aromatic carbocycles. The summed E-state index contributed by atoms with van der Waals surface area (Å²) in [6.07, 6.45) is 1.79. The third-order valence-corrected chi connectivity index (χ3v) is 5.07. The minimum Gasteiger partial charge on any atom is -0.355 e. The average Bonchev–Trinajstić information content (AvgIpc) is 2.75. The lowest BCUT2D eigenvalue weighted by atomic mass is 9.99. The van der Waals surface area contributed by atoms with E-state index in [2.05, 4.69) is 22.8 Å². The zero-order valence-corrected chi connectivity index (χ0v) is 16.8. The van der Waals surface area contributed by atoms with Crippen molar-refractivity contribution in [2.24, 2.45) is 0 Å². The van der Waals surface area contributed by atoms with Crippen LogP contribution in [0.1, 0.15) is 29.5 Å². The fraction of sp³-hybridized carbons (Fsp3) is 0.348. The Kier molecular flexibility index (Phi) is 7.54. The Bertz CT molecular complexity index is 916. The summed E-state index contributed by atoms with van der Waals surface area (Å²) in [6, 6.07) is 13.9. The molecule has 30 heavy (non-hydrogen) atoms. The van der Waals surface area contributed by atoms with Crippen molar-refractivity contribution in [1.29, 1.82) is 0 Å². The molecule has 0 saturated carbocycles. The van der Waals surface area contributed by atoms with Gasteiger partial charge in [-0.3, -0.25) is 14.4 Å².